The van der Waals surface area contributed by atoms with Crippen molar-refractivity contribution in [1.29, 1.82) is 0 Å². The van der Waals surface area contributed by atoms with E-state index >= 15 is 0 Å². The van der Waals surface area contributed by atoms with Gasteiger partial charge in [0.1, 0.15) is 0 Å². The minimum absolute atomic E-state index is 0.0806. The van der Waals surface area contributed by atoms with E-state index < -0.39 is 16.0 Å². The summed E-state index contributed by atoms with van der Waals surface area (Å²) in [6.45, 7) is 2.50. The predicted octanol–water partition coefficient (Wildman–Crippen LogP) is 1.75. The number of aromatic nitrogens is 2. The number of rotatable bonds is 3. The van der Waals surface area contributed by atoms with E-state index in [4.69, 9.17) is 0 Å². The van der Waals surface area contributed by atoms with E-state index in [1.54, 1.807) is 0 Å². The van der Waals surface area contributed by atoms with Crippen molar-refractivity contribution in [2.24, 2.45) is 11.8 Å². The first kappa shape index (κ1) is 16.0. The Morgan fingerprint density at radius 2 is 1.64 bits per heavy atom. The largest absolute Gasteiger partial charge is 0.316 e. The van der Waals surface area contributed by atoms with Crippen molar-refractivity contribution >= 4 is 16.7 Å². The van der Waals surface area contributed by atoms with Crippen LogP contribution < -0.4 is 11.1 Å². The molecular weight excluding hydrogens is 324 g/mol. The fourth-order valence-electron chi connectivity index (χ4n) is 4.28. The molecule has 1 saturated carbocycles. The molecule has 2 saturated heterocycles. The molecular formula is C17H20N4O4. The molecule has 3 fully saturated rings. The highest BCUT2D eigenvalue weighted by molar-refractivity contribution is 5.80. The molecule has 3 aliphatic rings. The molecule has 1 aromatic carbocycles. The van der Waals surface area contributed by atoms with Crippen LogP contribution in [-0.4, -0.2) is 32.9 Å². The first-order valence-electron chi connectivity index (χ1n) is 8.65. The molecule has 3 heterocycles. The summed E-state index contributed by atoms with van der Waals surface area (Å²) in [7, 11) is 0. The zero-order valence-electron chi connectivity index (χ0n) is 13.8. The monoisotopic (exact) mass is 344 g/mol. The number of nitrogens with one attached hydrogen (secondary N) is 2. The van der Waals surface area contributed by atoms with Gasteiger partial charge >= 0.3 is 11.1 Å². The molecule has 25 heavy (non-hydrogen) atoms. The van der Waals surface area contributed by atoms with Gasteiger partial charge in [-0.25, -0.2) is 0 Å². The number of fused-ring (bicyclic) bond motifs is 5. The average molecular weight is 344 g/mol. The van der Waals surface area contributed by atoms with Gasteiger partial charge in [0.2, 0.25) is 0 Å². The number of nitro benzene ring substituents is 1. The van der Waals surface area contributed by atoms with Gasteiger partial charge in [0.15, 0.2) is 0 Å². The van der Waals surface area contributed by atoms with Crippen molar-refractivity contribution in [2.45, 2.75) is 32.2 Å². The van der Waals surface area contributed by atoms with Crippen molar-refractivity contribution in [3.63, 3.8) is 0 Å². The summed E-state index contributed by atoms with van der Waals surface area (Å²) >= 11 is 0. The molecule has 1 aliphatic carbocycles. The maximum atomic E-state index is 11.7. The number of hydrogen-bond donors (Lipinski definition) is 2. The fraction of sp³-hybridized carbons (Fsp3) is 0.529. The molecule has 2 aliphatic heterocycles. The molecule has 8 heteroatoms. The van der Waals surface area contributed by atoms with Crippen LogP contribution in [0.1, 0.15) is 31.2 Å². The molecule has 0 atom stereocenters. The number of nitrogens with zero attached hydrogens (tertiary/aromatic N) is 2. The van der Waals surface area contributed by atoms with E-state index in [1.165, 1.54) is 37.8 Å². The molecule has 0 radical (unpaired) electrons. The van der Waals surface area contributed by atoms with Crippen LogP contribution in [0, 0.1) is 22.0 Å². The highest BCUT2D eigenvalue weighted by atomic mass is 16.6. The van der Waals surface area contributed by atoms with Crippen LogP contribution in [0.25, 0.3) is 11.0 Å². The van der Waals surface area contributed by atoms with Crippen molar-refractivity contribution in [3.8, 4) is 0 Å². The number of benzene rings is 1. The number of non-ortho nitro benzene ring substituents is 1. The van der Waals surface area contributed by atoms with E-state index in [9.17, 15) is 19.7 Å². The lowest BCUT2D eigenvalue weighted by Crippen LogP contribution is -2.31. The summed E-state index contributed by atoms with van der Waals surface area (Å²) in [5.74, 6) is 1.37. The maximum Gasteiger partial charge on any atom is 0.314 e. The van der Waals surface area contributed by atoms with E-state index in [0.29, 0.717) is 35.0 Å². The number of aromatic amines is 2. The van der Waals surface area contributed by atoms with Crippen LogP contribution in [0.3, 0.4) is 0 Å². The van der Waals surface area contributed by atoms with Crippen LogP contribution in [0.15, 0.2) is 21.7 Å². The number of nitro groups is 1. The molecule has 0 amide bonds. The van der Waals surface area contributed by atoms with E-state index in [2.05, 4.69) is 14.9 Å². The Morgan fingerprint density at radius 3 is 2.24 bits per heavy atom. The normalized spacial score (nSPS) is 23.7. The zero-order valence-corrected chi connectivity index (χ0v) is 13.8. The third-order valence-corrected chi connectivity index (χ3v) is 5.50. The van der Waals surface area contributed by atoms with Crippen molar-refractivity contribution in [2.75, 3.05) is 13.1 Å². The van der Waals surface area contributed by atoms with Crippen molar-refractivity contribution < 1.29 is 4.92 Å². The molecule has 2 aromatic rings. The third kappa shape index (κ3) is 3.09. The first-order chi connectivity index (χ1) is 12.0. The minimum atomic E-state index is -0.799. The summed E-state index contributed by atoms with van der Waals surface area (Å²) in [6.07, 6.45) is 5.00. The van der Waals surface area contributed by atoms with Gasteiger partial charge in [0.05, 0.1) is 16.0 Å². The molecule has 0 spiro atoms. The molecule has 2 bridgehead atoms. The van der Waals surface area contributed by atoms with Gasteiger partial charge < -0.3 is 9.97 Å². The second kappa shape index (κ2) is 6.11. The van der Waals surface area contributed by atoms with E-state index in [0.717, 1.165) is 13.1 Å². The van der Waals surface area contributed by atoms with Crippen LogP contribution >= 0.6 is 0 Å². The first-order valence-corrected chi connectivity index (χ1v) is 8.65. The van der Waals surface area contributed by atoms with Crippen LogP contribution in [0.4, 0.5) is 5.69 Å². The molecule has 8 nitrogen and oxygen atoms in total. The predicted molar refractivity (Wildman–Crippen MR) is 92.6 cm³/mol. The highest BCUT2D eigenvalue weighted by Gasteiger charge is 2.29. The minimum Gasteiger partial charge on any atom is -0.316 e. The lowest BCUT2D eigenvalue weighted by molar-refractivity contribution is -0.384. The van der Waals surface area contributed by atoms with E-state index in [1.807, 2.05) is 0 Å². The van der Waals surface area contributed by atoms with E-state index in [-0.39, 0.29) is 5.69 Å². The second-order valence-electron chi connectivity index (χ2n) is 7.27. The Hall–Kier alpha value is -2.48. The Morgan fingerprint density at radius 1 is 1.04 bits per heavy atom. The SMILES string of the molecule is O=c1[nH]c2cc([N+](=O)[O-])cc(CN3CC4CCC(CC4)C3)c2[nH]c1=O. The smallest absolute Gasteiger partial charge is 0.314 e. The molecule has 0 unspecified atom stereocenters. The number of H-pyrrole nitrogens is 2. The number of hydrogen-bond acceptors (Lipinski definition) is 5. The highest BCUT2D eigenvalue weighted by Crippen LogP contribution is 2.35. The second-order valence-corrected chi connectivity index (χ2v) is 7.27. The van der Waals surface area contributed by atoms with Gasteiger partial charge in [-0.2, -0.15) is 0 Å². The Balaban J connectivity index is 1.77. The van der Waals surface area contributed by atoms with Crippen LogP contribution in [-0.2, 0) is 6.54 Å². The standard InChI is InChI=1S/C17H20N4O4/c22-16-17(23)19-15-12(5-13(21(24)25)6-14(15)18-16)9-20-7-10-1-2-11(8-20)4-3-10/h5-6,10-11H,1-4,7-9H2,(H,18,22)(H,19,23). The van der Waals surface area contributed by atoms with Gasteiger partial charge in [-0.1, -0.05) is 0 Å². The third-order valence-electron chi connectivity index (χ3n) is 5.50. The van der Waals surface area contributed by atoms with Gasteiger partial charge in [0, 0.05) is 31.8 Å². The lowest BCUT2D eigenvalue weighted by Gasteiger charge is -2.22. The lowest BCUT2D eigenvalue weighted by atomic mass is 9.84. The van der Waals surface area contributed by atoms with Crippen molar-refractivity contribution in [1.82, 2.24) is 14.9 Å². The molecule has 132 valence electrons. The quantitative estimate of drug-likeness (QED) is 0.500. The Bertz CT molecular complexity index is 926. The Kier molecular flexibility index (Phi) is 3.91. The fourth-order valence-corrected chi connectivity index (χ4v) is 4.28. The van der Waals surface area contributed by atoms with Gasteiger partial charge in [-0.05, 0) is 43.1 Å². The summed E-state index contributed by atoms with van der Waals surface area (Å²) in [5.41, 5.74) is -0.162. The van der Waals surface area contributed by atoms with Crippen molar-refractivity contribution in [3.05, 3.63) is 48.5 Å². The topological polar surface area (TPSA) is 112 Å². The summed E-state index contributed by atoms with van der Waals surface area (Å²) in [5, 5.41) is 11.2. The molecule has 1 aromatic heterocycles. The van der Waals surface area contributed by atoms with Crippen LogP contribution in [0.5, 0.6) is 0 Å². The van der Waals surface area contributed by atoms with Gasteiger partial charge in [-0.15, -0.1) is 0 Å². The Labute approximate surface area is 143 Å². The maximum absolute atomic E-state index is 11.7. The van der Waals surface area contributed by atoms with Gasteiger partial charge in [0.25, 0.3) is 5.69 Å². The summed E-state index contributed by atoms with van der Waals surface area (Å²) in [4.78, 5) is 41.4. The van der Waals surface area contributed by atoms with Gasteiger partial charge in [-0.3, -0.25) is 24.6 Å². The molecule has 5 rings (SSSR count). The molecule has 2 N–H and O–H groups in total. The summed E-state index contributed by atoms with van der Waals surface area (Å²) in [6, 6.07) is 2.80. The average Bonchev–Trinajstić information content (AvgIpc) is 2.88. The zero-order chi connectivity index (χ0) is 17.6. The van der Waals surface area contributed by atoms with Crippen LogP contribution in [0.2, 0.25) is 0 Å². The summed E-state index contributed by atoms with van der Waals surface area (Å²) < 4.78 is 0.